The normalized spacial score (nSPS) is 14.2. The Balaban J connectivity index is 2.33. The van der Waals surface area contributed by atoms with Crippen LogP contribution in [-0.2, 0) is 11.2 Å². The van der Waals surface area contributed by atoms with Crippen LogP contribution in [0.3, 0.4) is 0 Å². The summed E-state index contributed by atoms with van der Waals surface area (Å²) in [7, 11) is 1.48. The van der Waals surface area contributed by atoms with E-state index < -0.39 is 11.7 Å². The van der Waals surface area contributed by atoms with Crippen molar-refractivity contribution >= 4 is 11.8 Å². The third-order valence-electron chi connectivity index (χ3n) is 2.91. The molecule has 0 bridgehead atoms. The summed E-state index contributed by atoms with van der Waals surface area (Å²) in [6.07, 6.45) is 0.251. The summed E-state index contributed by atoms with van der Waals surface area (Å²) >= 11 is 0. The Hall–Kier alpha value is -1.91. The van der Waals surface area contributed by atoms with Gasteiger partial charge in [0.25, 0.3) is 0 Å². The highest BCUT2D eigenvalue weighted by atomic mass is 16.6. The third kappa shape index (κ3) is 2.59. The summed E-state index contributed by atoms with van der Waals surface area (Å²) in [6, 6.07) is 3.56. The number of hydrogen-bond acceptors (Lipinski definition) is 4. The molecule has 5 nitrogen and oxygen atoms in total. The van der Waals surface area contributed by atoms with Crippen molar-refractivity contribution in [1.29, 1.82) is 0 Å². The Kier molecular flexibility index (Phi) is 3.30. The average molecular weight is 265 g/mol. The number of amides is 1. The number of ether oxygens (including phenoxy) is 2. The SMILES string of the molecule is COc1ccc2c(c1O)N(C(=O)OC(C)(C)C)CC2. The van der Waals surface area contributed by atoms with Crippen molar-refractivity contribution in [2.45, 2.75) is 32.8 Å². The molecule has 19 heavy (non-hydrogen) atoms. The molecule has 0 atom stereocenters. The highest BCUT2D eigenvalue weighted by molar-refractivity contribution is 5.93. The number of carbonyl (C=O) groups excluding carboxylic acids is 1. The monoisotopic (exact) mass is 265 g/mol. The van der Waals surface area contributed by atoms with Crippen LogP contribution in [0.2, 0.25) is 0 Å². The van der Waals surface area contributed by atoms with Crippen molar-refractivity contribution in [2.75, 3.05) is 18.6 Å². The highest BCUT2D eigenvalue weighted by Gasteiger charge is 2.32. The predicted molar refractivity (Wildman–Crippen MR) is 71.9 cm³/mol. The Morgan fingerprint density at radius 2 is 2.05 bits per heavy atom. The van der Waals surface area contributed by atoms with Gasteiger partial charge in [-0.05, 0) is 38.8 Å². The lowest BCUT2D eigenvalue weighted by molar-refractivity contribution is 0.0583. The molecular formula is C14H19NO4. The third-order valence-corrected chi connectivity index (χ3v) is 2.91. The lowest BCUT2D eigenvalue weighted by Crippen LogP contribution is -2.35. The van der Waals surface area contributed by atoms with Gasteiger partial charge in [-0.15, -0.1) is 0 Å². The van der Waals surface area contributed by atoms with Gasteiger partial charge in [0, 0.05) is 6.54 Å². The van der Waals surface area contributed by atoms with Crippen LogP contribution >= 0.6 is 0 Å². The lowest BCUT2D eigenvalue weighted by Gasteiger charge is -2.25. The summed E-state index contributed by atoms with van der Waals surface area (Å²) < 4.78 is 10.4. The molecule has 1 heterocycles. The molecule has 1 aliphatic rings. The van der Waals surface area contributed by atoms with Gasteiger partial charge in [-0.3, -0.25) is 4.90 Å². The fourth-order valence-electron chi connectivity index (χ4n) is 2.11. The zero-order valence-corrected chi connectivity index (χ0v) is 11.7. The van der Waals surface area contributed by atoms with Gasteiger partial charge in [0.05, 0.1) is 12.8 Å². The number of phenolic OH excluding ortho intramolecular Hbond substituents is 1. The van der Waals surface area contributed by atoms with Gasteiger partial charge in [0.15, 0.2) is 11.5 Å². The van der Waals surface area contributed by atoms with Crippen LogP contribution in [0.5, 0.6) is 11.5 Å². The minimum Gasteiger partial charge on any atom is -0.503 e. The van der Waals surface area contributed by atoms with E-state index in [1.165, 1.54) is 12.0 Å². The minimum atomic E-state index is -0.561. The van der Waals surface area contributed by atoms with Gasteiger partial charge in [0.1, 0.15) is 5.60 Å². The molecule has 1 aromatic rings. The second-order valence-electron chi connectivity index (χ2n) is 5.51. The first-order chi connectivity index (χ1) is 8.83. The Morgan fingerprint density at radius 3 is 2.63 bits per heavy atom. The molecule has 0 aromatic heterocycles. The van der Waals surface area contributed by atoms with Gasteiger partial charge in [0.2, 0.25) is 0 Å². The number of rotatable bonds is 1. The van der Waals surface area contributed by atoms with Crippen LogP contribution in [0.1, 0.15) is 26.3 Å². The summed E-state index contributed by atoms with van der Waals surface area (Å²) in [5.41, 5.74) is 0.853. The molecule has 5 heteroatoms. The van der Waals surface area contributed by atoms with Crippen molar-refractivity contribution in [2.24, 2.45) is 0 Å². The molecule has 1 aliphatic heterocycles. The number of benzene rings is 1. The van der Waals surface area contributed by atoms with Crippen LogP contribution in [0.4, 0.5) is 10.5 Å². The molecule has 1 aromatic carbocycles. The van der Waals surface area contributed by atoms with E-state index >= 15 is 0 Å². The zero-order chi connectivity index (χ0) is 14.2. The van der Waals surface area contributed by atoms with Gasteiger partial charge in [-0.1, -0.05) is 6.07 Å². The van der Waals surface area contributed by atoms with E-state index in [2.05, 4.69) is 0 Å². The maximum atomic E-state index is 12.1. The summed E-state index contributed by atoms with van der Waals surface area (Å²) in [5.74, 6) is 0.345. The molecule has 0 aliphatic carbocycles. The molecule has 1 amide bonds. The number of nitrogens with zero attached hydrogens (tertiary/aromatic N) is 1. The van der Waals surface area contributed by atoms with Crippen molar-refractivity contribution in [3.8, 4) is 11.5 Å². The lowest BCUT2D eigenvalue weighted by atomic mass is 10.1. The Labute approximate surface area is 112 Å². The van der Waals surface area contributed by atoms with Crippen LogP contribution in [-0.4, -0.2) is 30.5 Å². The molecular weight excluding hydrogens is 246 g/mol. The maximum absolute atomic E-state index is 12.1. The average Bonchev–Trinajstić information content (AvgIpc) is 2.72. The molecule has 1 N–H and O–H groups in total. The van der Waals surface area contributed by atoms with Gasteiger partial charge in [-0.2, -0.15) is 0 Å². The molecule has 104 valence electrons. The molecule has 0 unspecified atom stereocenters. The van der Waals surface area contributed by atoms with E-state index in [-0.39, 0.29) is 5.75 Å². The van der Waals surface area contributed by atoms with Crippen LogP contribution in [0, 0.1) is 0 Å². The van der Waals surface area contributed by atoms with Crippen LogP contribution in [0.15, 0.2) is 12.1 Å². The van der Waals surface area contributed by atoms with E-state index in [0.717, 1.165) is 5.56 Å². The molecule has 0 fully saturated rings. The maximum Gasteiger partial charge on any atom is 0.414 e. The van der Waals surface area contributed by atoms with E-state index in [9.17, 15) is 9.90 Å². The fraction of sp³-hybridized carbons (Fsp3) is 0.500. The van der Waals surface area contributed by atoms with Crippen LogP contribution < -0.4 is 9.64 Å². The van der Waals surface area contributed by atoms with E-state index in [4.69, 9.17) is 9.47 Å². The fourth-order valence-corrected chi connectivity index (χ4v) is 2.11. The predicted octanol–water partition coefficient (Wildman–Crippen LogP) is 2.70. The molecule has 0 saturated carbocycles. The molecule has 0 radical (unpaired) electrons. The topological polar surface area (TPSA) is 59.0 Å². The molecule has 0 spiro atoms. The van der Waals surface area contributed by atoms with Gasteiger partial charge in [-0.25, -0.2) is 4.79 Å². The van der Waals surface area contributed by atoms with E-state index in [0.29, 0.717) is 24.4 Å². The van der Waals surface area contributed by atoms with Gasteiger partial charge < -0.3 is 14.6 Å². The molecule has 0 saturated heterocycles. The summed E-state index contributed by atoms with van der Waals surface area (Å²) in [5, 5.41) is 10.2. The quantitative estimate of drug-likeness (QED) is 0.848. The van der Waals surface area contributed by atoms with Crippen molar-refractivity contribution < 1.29 is 19.4 Å². The number of methoxy groups -OCH3 is 1. The minimum absolute atomic E-state index is 0.0108. The first kappa shape index (κ1) is 13.5. The largest absolute Gasteiger partial charge is 0.503 e. The zero-order valence-electron chi connectivity index (χ0n) is 11.7. The number of carbonyl (C=O) groups is 1. The number of anilines is 1. The molecule has 2 rings (SSSR count). The van der Waals surface area contributed by atoms with Crippen LogP contribution in [0.25, 0.3) is 0 Å². The van der Waals surface area contributed by atoms with Gasteiger partial charge >= 0.3 is 6.09 Å². The second kappa shape index (κ2) is 4.64. The standard InChI is InChI=1S/C14H19NO4/c1-14(2,3)19-13(17)15-8-7-9-5-6-10(18-4)12(16)11(9)15/h5-6,16H,7-8H2,1-4H3. The summed E-state index contributed by atoms with van der Waals surface area (Å²) in [6.45, 7) is 5.94. The number of hydrogen-bond donors (Lipinski definition) is 1. The Bertz CT molecular complexity index is 505. The van der Waals surface area contributed by atoms with Crippen molar-refractivity contribution in [3.05, 3.63) is 17.7 Å². The number of fused-ring (bicyclic) bond motifs is 1. The highest BCUT2D eigenvalue weighted by Crippen LogP contribution is 2.43. The smallest absolute Gasteiger partial charge is 0.414 e. The number of aromatic hydroxyl groups is 1. The van der Waals surface area contributed by atoms with E-state index in [1.807, 2.05) is 26.8 Å². The van der Waals surface area contributed by atoms with Crippen molar-refractivity contribution in [1.82, 2.24) is 0 Å². The first-order valence-electron chi connectivity index (χ1n) is 6.23. The summed E-state index contributed by atoms with van der Waals surface area (Å²) in [4.78, 5) is 13.6. The second-order valence-corrected chi connectivity index (χ2v) is 5.51. The van der Waals surface area contributed by atoms with E-state index in [1.54, 1.807) is 6.07 Å². The Morgan fingerprint density at radius 1 is 1.37 bits per heavy atom. The van der Waals surface area contributed by atoms with Crippen molar-refractivity contribution in [3.63, 3.8) is 0 Å². The first-order valence-corrected chi connectivity index (χ1v) is 6.23. The number of phenols is 1.